The van der Waals surface area contributed by atoms with E-state index >= 15 is 0 Å². The highest BCUT2D eigenvalue weighted by atomic mass is 32.2. The van der Waals surface area contributed by atoms with Gasteiger partial charge in [-0.3, -0.25) is 0 Å². The summed E-state index contributed by atoms with van der Waals surface area (Å²) in [5, 5.41) is 4.28. The van der Waals surface area contributed by atoms with E-state index < -0.39 is 0 Å². The molecular formula is C19H29NS. The first-order chi connectivity index (χ1) is 9.68. The van der Waals surface area contributed by atoms with Crippen LogP contribution in [0.1, 0.15) is 48.0 Å². The Hall–Kier alpha value is -0.890. The number of thioether (sulfide) groups is 1. The van der Waals surface area contributed by atoms with E-state index in [4.69, 9.17) is 0 Å². The Morgan fingerprint density at radius 3 is 2.19 bits per heavy atom. The maximum atomic E-state index is 3.59. The van der Waals surface area contributed by atoms with E-state index in [1.807, 2.05) is 0 Å². The van der Waals surface area contributed by atoms with Crippen LogP contribution in [0.4, 0.5) is 5.69 Å². The molecule has 1 heterocycles. The van der Waals surface area contributed by atoms with Crippen LogP contribution >= 0.6 is 11.8 Å². The molecule has 0 spiro atoms. The summed E-state index contributed by atoms with van der Waals surface area (Å²) in [7, 11) is 0. The average Bonchev–Trinajstić information content (AvgIpc) is 2.81. The van der Waals surface area contributed by atoms with Crippen molar-refractivity contribution >= 4 is 17.4 Å². The maximum Gasteiger partial charge on any atom is 0.0371 e. The largest absolute Gasteiger partial charge is 0.381 e. The minimum absolute atomic E-state index is 0.248. The van der Waals surface area contributed by atoms with Crippen LogP contribution in [0, 0.1) is 10.8 Å². The van der Waals surface area contributed by atoms with E-state index in [-0.39, 0.29) is 5.41 Å². The van der Waals surface area contributed by atoms with Gasteiger partial charge in [0.2, 0.25) is 0 Å². The van der Waals surface area contributed by atoms with Crippen molar-refractivity contribution in [3.8, 4) is 0 Å². The van der Waals surface area contributed by atoms with Crippen molar-refractivity contribution < 1.29 is 0 Å². The second-order valence-electron chi connectivity index (χ2n) is 8.08. The Morgan fingerprint density at radius 1 is 1.05 bits per heavy atom. The molecule has 1 nitrogen and oxygen atoms in total. The molecule has 116 valence electrons. The average molecular weight is 304 g/mol. The van der Waals surface area contributed by atoms with Crippen molar-refractivity contribution in [2.45, 2.75) is 53.2 Å². The third-order valence-corrected chi connectivity index (χ3v) is 6.23. The molecular weight excluding hydrogens is 274 g/mol. The summed E-state index contributed by atoms with van der Waals surface area (Å²) in [5.74, 6) is 0. The SMILES string of the molecule is CC(C)(C)C1=C(CNc2ccccc2)CC(C(C)(C)C)S1. The van der Waals surface area contributed by atoms with Gasteiger partial charge in [0.25, 0.3) is 0 Å². The molecule has 0 fully saturated rings. The fraction of sp³-hybridized carbons (Fsp3) is 0.579. The Balaban J connectivity index is 2.13. The van der Waals surface area contributed by atoms with E-state index in [1.54, 1.807) is 10.5 Å². The summed E-state index contributed by atoms with van der Waals surface area (Å²) in [5.41, 5.74) is 3.41. The summed E-state index contributed by atoms with van der Waals surface area (Å²) < 4.78 is 0. The van der Waals surface area contributed by atoms with Crippen molar-refractivity contribution in [1.29, 1.82) is 0 Å². The predicted octanol–water partition coefficient (Wildman–Crippen LogP) is 5.95. The van der Waals surface area contributed by atoms with Crippen LogP contribution < -0.4 is 5.32 Å². The van der Waals surface area contributed by atoms with Crippen LogP contribution in [-0.4, -0.2) is 11.8 Å². The van der Waals surface area contributed by atoms with Gasteiger partial charge in [0.05, 0.1) is 0 Å². The zero-order valence-corrected chi connectivity index (χ0v) is 15.1. The van der Waals surface area contributed by atoms with E-state index in [1.165, 1.54) is 12.1 Å². The molecule has 0 amide bonds. The Bertz CT molecular complexity index is 503. The Labute approximate surface area is 134 Å². The molecule has 0 saturated heterocycles. The van der Waals surface area contributed by atoms with Gasteiger partial charge in [-0.25, -0.2) is 0 Å². The topological polar surface area (TPSA) is 12.0 Å². The highest BCUT2D eigenvalue weighted by Crippen LogP contribution is 2.52. The Kier molecular flexibility index (Phi) is 4.77. The second kappa shape index (κ2) is 6.08. The van der Waals surface area contributed by atoms with E-state index in [0.29, 0.717) is 10.7 Å². The molecule has 1 aromatic carbocycles. The van der Waals surface area contributed by atoms with Gasteiger partial charge in [-0.05, 0) is 39.9 Å². The van der Waals surface area contributed by atoms with E-state index in [9.17, 15) is 0 Å². The van der Waals surface area contributed by atoms with Gasteiger partial charge in [0.1, 0.15) is 0 Å². The first-order valence-electron chi connectivity index (χ1n) is 7.86. The zero-order chi connectivity index (χ0) is 15.7. The molecule has 1 N–H and O–H groups in total. The minimum atomic E-state index is 0.248. The number of anilines is 1. The van der Waals surface area contributed by atoms with Crippen LogP contribution in [0.25, 0.3) is 0 Å². The predicted molar refractivity (Wildman–Crippen MR) is 96.9 cm³/mol. The van der Waals surface area contributed by atoms with Gasteiger partial charge in [-0.15, -0.1) is 11.8 Å². The minimum Gasteiger partial charge on any atom is -0.381 e. The van der Waals surface area contributed by atoms with Crippen LogP contribution in [0.5, 0.6) is 0 Å². The first-order valence-corrected chi connectivity index (χ1v) is 8.74. The standard InChI is InChI=1S/C19H29NS/c1-18(2,3)16-12-14(17(21-16)19(4,5)6)13-20-15-10-8-7-9-11-15/h7-11,16,20H,12-13H2,1-6H3. The lowest BCUT2D eigenvalue weighted by molar-refractivity contribution is 0.395. The molecule has 0 radical (unpaired) electrons. The third-order valence-electron chi connectivity index (χ3n) is 3.94. The quantitative estimate of drug-likeness (QED) is 0.740. The summed E-state index contributed by atoms with van der Waals surface area (Å²) >= 11 is 2.11. The highest BCUT2D eigenvalue weighted by molar-refractivity contribution is 8.04. The summed E-state index contributed by atoms with van der Waals surface area (Å²) in [4.78, 5) is 1.59. The second-order valence-corrected chi connectivity index (χ2v) is 9.29. The third kappa shape index (κ3) is 4.29. The number of rotatable bonds is 3. The lowest BCUT2D eigenvalue weighted by Crippen LogP contribution is -2.21. The molecule has 1 aliphatic heterocycles. The molecule has 1 atom stereocenters. The maximum absolute atomic E-state index is 3.59. The van der Waals surface area contributed by atoms with Gasteiger partial charge in [-0.1, -0.05) is 59.7 Å². The lowest BCUT2D eigenvalue weighted by Gasteiger charge is -2.28. The molecule has 2 heteroatoms. The van der Waals surface area contributed by atoms with Gasteiger partial charge in [0, 0.05) is 17.5 Å². The van der Waals surface area contributed by atoms with Gasteiger partial charge >= 0.3 is 0 Å². The number of nitrogens with one attached hydrogen (secondary N) is 1. The molecule has 21 heavy (non-hydrogen) atoms. The van der Waals surface area contributed by atoms with Gasteiger partial charge in [0.15, 0.2) is 0 Å². The van der Waals surface area contributed by atoms with Crippen LogP contribution in [-0.2, 0) is 0 Å². The summed E-state index contributed by atoms with van der Waals surface area (Å²) in [6.45, 7) is 15.1. The van der Waals surface area contributed by atoms with Crippen molar-refractivity contribution in [1.82, 2.24) is 0 Å². The number of allylic oxidation sites excluding steroid dienone is 1. The van der Waals surface area contributed by atoms with Crippen LogP contribution in [0.15, 0.2) is 40.8 Å². The molecule has 0 bridgehead atoms. The zero-order valence-electron chi connectivity index (χ0n) is 14.3. The van der Waals surface area contributed by atoms with E-state index in [2.05, 4.69) is 89.0 Å². The summed E-state index contributed by atoms with van der Waals surface area (Å²) in [6.07, 6.45) is 1.21. The van der Waals surface area contributed by atoms with E-state index in [0.717, 1.165) is 6.54 Å². The van der Waals surface area contributed by atoms with Crippen LogP contribution in [0.2, 0.25) is 0 Å². The molecule has 0 saturated carbocycles. The fourth-order valence-corrected chi connectivity index (χ4v) is 4.29. The van der Waals surface area contributed by atoms with Crippen molar-refractivity contribution in [3.63, 3.8) is 0 Å². The molecule has 0 aromatic heterocycles. The number of para-hydroxylation sites is 1. The smallest absolute Gasteiger partial charge is 0.0371 e. The van der Waals surface area contributed by atoms with Crippen molar-refractivity contribution in [3.05, 3.63) is 40.8 Å². The van der Waals surface area contributed by atoms with Gasteiger partial charge in [-0.2, -0.15) is 0 Å². The Morgan fingerprint density at radius 2 is 1.67 bits per heavy atom. The monoisotopic (exact) mass is 303 g/mol. The molecule has 1 aromatic rings. The van der Waals surface area contributed by atoms with Crippen molar-refractivity contribution in [2.75, 3.05) is 11.9 Å². The number of benzene rings is 1. The molecule has 0 aliphatic carbocycles. The fourth-order valence-electron chi connectivity index (χ4n) is 2.69. The van der Waals surface area contributed by atoms with Crippen molar-refractivity contribution in [2.24, 2.45) is 10.8 Å². The highest BCUT2D eigenvalue weighted by Gasteiger charge is 2.37. The first kappa shape index (κ1) is 16.5. The summed E-state index contributed by atoms with van der Waals surface area (Å²) in [6, 6.07) is 10.5. The lowest BCUT2D eigenvalue weighted by atomic mass is 9.86. The normalized spacial score (nSPS) is 20.0. The molecule has 2 rings (SSSR count). The molecule has 1 unspecified atom stereocenters. The molecule has 1 aliphatic rings. The number of hydrogen-bond donors (Lipinski definition) is 1. The van der Waals surface area contributed by atoms with Crippen LogP contribution in [0.3, 0.4) is 0 Å². The van der Waals surface area contributed by atoms with Gasteiger partial charge < -0.3 is 5.32 Å². The number of hydrogen-bond acceptors (Lipinski definition) is 2.